The van der Waals surface area contributed by atoms with Crippen molar-refractivity contribution in [3.8, 4) is 0 Å². The van der Waals surface area contributed by atoms with E-state index in [9.17, 15) is 0 Å². The maximum absolute atomic E-state index is 2.71. The zero-order valence-electron chi connectivity index (χ0n) is 10.6. The van der Waals surface area contributed by atoms with Crippen LogP contribution >= 0.6 is 0 Å². The molecular weight excluding hydrogens is 184 g/mol. The van der Waals surface area contributed by atoms with Crippen molar-refractivity contribution in [2.45, 2.75) is 45.6 Å². The third-order valence-electron chi connectivity index (χ3n) is 4.47. The van der Waals surface area contributed by atoms with Crippen LogP contribution in [0.5, 0.6) is 0 Å². The van der Waals surface area contributed by atoms with E-state index in [1.54, 1.807) is 0 Å². The van der Waals surface area contributed by atoms with Crippen molar-refractivity contribution in [3.05, 3.63) is 0 Å². The molecule has 0 amide bonds. The highest BCUT2D eigenvalue weighted by molar-refractivity contribution is 4.87. The Kier molecular flexibility index (Phi) is 3.36. The van der Waals surface area contributed by atoms with E-state index in [1.165, 1.54) is 51.9 Å². The lowest BCUT2D eigenvalue weighted by Crippen LogP contribution is -2.44. The first-order valence-electron chi connectivity index (χ1n) is 6.52. The molecule has 2 aliphatic rings. The van der Waals surface area contributed by atoms with E-state index in [2.05, 4.69) is 30.7 Å². The van der Waals surface area contributed by atoms with Gasteiger partial charge in [0.05, 0.1) is 0 Å². The van der Waals surface area contributed by atoms with Crippen molar-refractivity contribution in [3.63, 3.8) is 0 Å². The van der Waals surface area contributed by atoms with E-state index in [0.717, 1.165) is 6.04 Å². The molecule has 2 fully saturated rings. The second-order valence-corrected chi connectivity index (χ2v) is 6.08. The van der Waals surface area contributed by atoms with E-state index in [0.29, 0.717) is 5.41 Å². The largest absolute Gasteiger partial charge is 0.306 e. The molecule has 0 aromatic rings. The first kappa shape index (κ1) is 11.4. The van der Waals surface area contributed by atoms with Crippen LogP contribution in [0.2, 0.25) is 0 Å². The van der Waals surface area contributed by atoms with Crippen molar-refractivity contribution in [1.82, 2.24) is 9.80 Å². The summed E-state index contributed by atoms with van der Waals surface area (Å²) in [5.74, 6) is 0. The molecule has 2 heteroatoms. The third-order valence-corrected chi connectivity index (χ3v) is 4.47. The molecule has 2 heterocycles. The molecule has 0 unspecified atom stereocenters. The van der Waals surface area contributed by atoms with Gasteiger partial charge in [0, 0.05) is 12.6 Å². The quantitative estimate of drug-likeness (QED) is 0.689. The fourth-order valence-corrected chi connectivity index (χ4v) is 3.03. The molecule has 0 aromatic carbocycles. The summed E-state index contributed by atoms with van der Waals surface area (Å²) in [6.07, 6.45) is 5.59. The summed E-state index contributed by atoms with van der Waals surface area (Å²) in [5.41, 5.74) is 0.588. The first-order valence-corrected chi connectivity index (χ1v) is 6.52. The van der Waals surface area contributed by atoms with Crippen LogP contribution < -0.4 is 0 Å². The zero-order chi connectivity index (χ0) is 10.9. The molecule has 2 aliphatic heterocycles. The van der Waals surface area contributed by atoms with E-state index >= 15 is 0 Å². The van der Waals surface area contributed by atoms with Crippen LogP contribution in [0.15, 0.2) is 0 Å². The standard InChI is InChI=1S/C13H26N2/c1-12-5-4-8-15(12)11-13(2)6-9-14(3)10-7-13/h12H,4-11H2,1-3H3/t12-/m0/s1. The maximum atomic E-state index is 2.71. The summed E-state index contributed by atoms with van der Waals surface area (Å²) >= 11 is 0. The van der Waals surface area contributed by atoms with Crippen LogP contribution in [0.3, 0.4) is 0 Å². The minimum atomic E-state index is 0.588. The Bertz CT molecular complexity index is 207. The van der Waals surface area contributed by atoms with Crippen LogP contribution in [0.4, 0.5) is 0 Å². The van der Waals surface area contributed by atoms with Gasteiger partial charge in [-0.1, -0.05) is 6.92 Å². The number of likely N-dealkylation sites (tertiary alicyclic amines) is 2. The average molecular weight is 210 g/mol. The van der Waals surface area contributed by atoms with Gasteiger partial charge in [0.15, 0.2) is 0 Å². The lowest BCUT2D eigenvalue weighted by atomic mass is 9.80. The third kappa shape index (κ3) is 2.73. The number of hydrogen-bond donors (Lipinski definition) is 0. The molecule has 0 aliphatic carbocycles. The van der Waals surface area contributed by atoms with Gasteiger partial charge in [0.1, 0.15) is 0 Å². The maximum Gasteiger partial charge on any atom is 0.00676 e. The molecule has 0 N–H and O–H groups in total. The highest BCUT2D eigenvalue weighted by Crippen LogP contribution is 2.33. The average Bonchev–Trinajstić information content (AvgIpc) is 2.58. The van der Waals surface area contributed by atoms with E-state index in [4.69, 9.17) is 0 Å². The Hall–Kier alpha value is -0.0800. The van der Waals surface area contributed by atoms with E-state index in [1.807, 2.05) is 0 Å². The van der Waals surface area contributed by atoms with Crippen LogP contribution in [0.1, 0.15) is 39.5 Å². The van der Waals surface area contributed by atoms with Crippen molar-refractivity contribution in [2.24, 2.45) is 5.41 Å². The Morgan fingerprint density at radius 3 is 2.40 bits per heavy atom. The molecule has 2 saturated heterocycles. The SMILES string of the molecule is C[C@H]1CCCN1CC1(C)CCN(C)CC1. The molecule has 2 nitrogen and oxygen atoms in total. The van der Waals surface area contributed by atoms with Crippen molar-refractivity contribution >= 4 is 0 Å². The molecule has 0 spiro atoms. The summed E-state index contributed by atoms with van der Waals surface area (Å²) < 4.78 is 0. The van der Waals surface area contributed by atoms with Crippen LogP contribution in [-0.2, 0) is 0 Å². The number of rotatable bonds is 2. The minimum Gasteiger partial charge on any atom is -0.306 e. The molecule has 2 rings (SSSR count). The normalized spacial score (nSPS) is 33.4. The minimum absolute atomic E-state index is 0.588. The highest BCUT2D eigenvalue weighted by atomic mass is 15.2. The Morgan fingerprint density at radius 1 is 1.20 bits per heavy atom. The lowest BCUT2D eigenvalue weighted by Gasteiger charge is -2.41. The first-order chi connectivity index (χ1) is 7.09. The highest BCUT2D eigenvalue weighted by Gasteiger charge is 2.33. The number of piperidine rings is 1. The molecule has 0 radical (unpaired) electrons. The molecule has 0 bridgehead atoms. The fourth-order valence-electron chi connectivity index (χ4n) is 3.03. The van der Waals surface area contributed by atoms with Gasteiger partial charge >= 0.3 is 0 Å². The Balaban J connectivity index is 1.87. The number of hydrogen-bond acceptors (Lipinski definition) is 2. The Morgan fingerprint density at radius 2 is 1.87 bits per heavy atom. The second kappa shape index (κ2) is 4.42. The van der Waals surface area contributed by atoms with Gasteiger partial charge in [-0.3, -0.25) is 0 Å². The second-order valence-electron chi connectivity index (χ2n) is 6.08. The molecular formula is C13H26N2. The van der Waals surface area contributed by atoms with Crippen molar-refractivity contribution in [1.29, 1.82) is 0 Å². The van der Waals surface area contributed by atoms with Gasteiger partial charge in [-0.15, -0.1) is 0 Å². The van der Waals surface area contributed by atoms with Gasteiger partial charge in [-0.25, -0.2) is 0 Å². The zero-order valence-corrected chi connectivity index (χ0v) is 10.6. The van der Waals surface area contributed by atoms with E-state index in [-0.39, 0.29) is 0 Å². The monoisotopic (exact) mass is 210 g/mol. The molecule has 0 saturated carbocycles. The van der Waals surface area contributed by atoms with Crippen LogP contribution in [0.25, 0.3) is 0 Å². The van der Waals surface area contributed by atoms with Gasteiger partial charge in [-0.05, 0) is 64.7 Å². The summed E-state index contributed by atoms with van der Waals surface area (Å²) in [4.78, 5) is 5.18. The summed E-state index contributed by atoms with van der Waals surface area (Å²) in [6.45, 7) is 10.1. The van der Waals surface area contributed by atoms with E-state index < -0.39 is 0 Å². The van der Waals surface area contributed by atoms with Gasteiger partial charge in [0.25, 0.3) is 0 Å². The van der Waals surface area contributed by atoms with Crippen molar-refractivity contribution < 1.29 is 0 Å². The summed E-state index contributed by atoms with van der Waals surface area (Å²) in [5, 5.41) is 0. The predicted molar refractivity (Wildman–Crippen MR) is 65.1 cm³/mol. The number of nitrogens with zero attached hydrogens (tertiary/aromatic N) is 2. The topological polar surface area (TPSA) is 6.48 Å². The molecule has 0 aromatic heterocycles. The molecule has 15 heavy (non-hydrogen) atoms. The summed E-state index contributed by atoms with van der Waals surface area (Å²) in [6, 6.07) is 0.835. The summed E-state index contributed by atoms with van der Waals surface area (Å²) in [7, 11) is 2.25. The van der Waals surface area contributed by atoms with Crippen molar-refractivity contribution in [2.75, 3.05) is 33.2 Å². The van der Waals surface area contributed by atoms with Gasteiger partial charge in [0.2, 0.25) is 0 Å². The smallest absolute Gasteiger partial charge is 0.00676 e. The van der Waals surface area contributed by atoms with Gasteiger partial charge < -0.3 is 9.80 Å². The van der Waals surface area contributed by atoms with Gasteiger partial charge in [-0.2, -0.15) is 0 Å². The lowest BCUT2D eigenvalue weighted by molar-refractivity contribution is 0.0838. The fraction of sp³-hybridized carbons (Fsp3) is 1.00. The molecule has 88 valence electrons. The predicted octanol–water partition coefficient (Wildman–Crippen LogP) is 2.20. The molecule has 1 atom stereocenters. The Labute approximate surface area is 94.6 Å². The van der Waals surface area contributed by atoms with Crippen LogP contribution in [-0.4, -0.2) is 49.1 Å². The van der Waals surface area contributed by atoms with Crippen LogP contribution in [0, 0.1) is 5.41 Å².